The van der Waals surface area contributed by atoms with Gasteiger partial charge in [0.25, 0.3) is 5.91 Å². The zero-order valence-corrected chi connectivity index (χ0v) is 18.9. The molecule has 0 aliphatic carbocycles. The molecular formula is C25H29N5O2. The van der Waals surface area contributed by atoms with Crippen molar-refractivity contribution in [3.63, 3.8) is 0 Å². The highest BCUT2D eigenvalue weighted by Gasteiger charge is 2.33. The van der Waals surface area contributed by atoms with Gasteiger partial charge in [-0.2, -0.15) is 10.1 Å². The molecule has 1 amide bonds. The third-order valence-corrected chi connectivity index (χ3v) is 5.59. The van der Waals surface area contributed by atoms with Crippen LogP contribution in [0.1, 0.15) is 44.4 Å². The third-order valence-electron chi connectivity index (χ3n) is 5.59. The van der Waals surface area contributed by atoms with Crippen molar-refractivity contribution in [2.45, 2.75) is 40.2 Å². The first kappa shape index (κ1) is 21.6. The molecule has 1 unspecified atom stereocenters. The lowest BCUT2D eigenvalue weighted by atomic mass is 9.95. The first-order chi connectivity index (χ1) is 15.4. The summed E-state index contributed by atoms with van der Waals surface area (Å²) in [7, 11) is 0. The van der Waals surface area contributed by atoms with Crippen molar-refractivity contribution in [3.8, 4) is 5.75 Å². The van der Waals surface area contributed by atoms with Crippen LogP contribution >= 0.6 is 0 Å². The molecule has 2 heterocycles. The van der Waals surface area contributed by atoms with Gasteiger partial charge in [-0.25, -0.2) is 4.68 Å². The Kier molecular flexibility index (Phi) is 6.25. The number of benzene rings is 2. The minimum Gasteiger partial charge on any atom is -0.494 e. The predicted molar refractivity (Wildman–Crippen MR) is 126 cm³/mol. The molecular weight excluding hydrogens is 402 g/mol. The summed E-state index contributed by atoms with van der Waals surface area (Å²) < 4.78 is 7.61. The summed E-state index contributed by atoms with van der Waals surface area (Å²) in [5.41, 5.74) is 4.07. The van der Waals surface area contributed by atoms with Crippen LogP contribution in [0, 0.1) is 12.8 Å². The molecule has 32 heavy (non-hydrogen) atoms. The van der Waals surface area contributed by atoms with Crippen LogP contribution in [-0.4, -0.2) is 27.3 Å². The summed E-state index contributed by atoms with van der Waals surface area (Å²) in [6.07, 6.45) is 2.50. The summed E-state index contributed by atoms with van der Waals surface area (Å²) in [4.78, 5) is 17.7. The van der Waals surface area contributed by atoms with E-state index < -0.39 is 6.04 Å². The van der Waals surface area contributed by atoms with Gasteiger partial charge in [0, 0.05) is 11.4 Å². The summed E-state index contributed by atoms with van der Waals surface area (Å²) >= 11 is 0. The Bertz CT molecular complexity index is 1130. The van der Waals surface area contributed by atoms with Crippen LogP contribution < -0.4 is 15.4 Å². The topological polar surface area (TPSA) is 81.1 Å². The Morgan fingerprint density at radius 1 is 1.16 bits per heavy atom. The van der Waals surface area contributed by atoms with Crippen molar-refractivity contribution in [3.05, 3.63) is 77.3 Å². The number of amides is 1. The Morgan fingerprint density at radius 3 is 2.62 bits per heavy atom. The molecule has 166 valence electrons. The fourth-order valence-corrected chi connectivity index (χ4v) is 3.75. The molecule has 7 heteroatoms. The smallest absolute Gasteiger partial charge is 0.255 e. The molecule has 0 bridgehead atoms. The number of aryl methyl sites for hydroxylation is 1. The number of carbonyl (C=O) groups is 1. The standard InChI is InChI=1S/C25H29N5O2/c1-16(2)13-14-32-20-11-9-19(10-12-20)23-22(18(4)28-25-26-15-27-30(23)25)24(31)29-21-8-6-5-7-17(21)3/h5-12,15-16,23H,13-14H2,1-4H3,(H,29,31)(H,26,27,28). The fourth-order valence-electron chi connectivity index (χ4n) is 3.75. The fraction of sp³-hybridized carbons (Fsp3) is 0.320. The molecule has 0 radical (unpaired) electrons. The van der Waals surface area contributed by atoms with Crippen molar-refractivity contribution in [1.82, 2.24) is 14.8 Å². The number of carbonyl (C=O) groups excluding carboxylic acids is 1. The second kappa shape index (κ2) is 9.26. The highest BCUT2D eigenvalue weighted by Crippen LogP contribution is 2.36. The number of ether oxygens (including phenoxy) is 1. The van der Waals surface area contributed by atoms with Crippen molar-refractivity contribution in [2.24, 2.45) is 5.92 Å². The zero-order valence-electron chi connectivity index (χ0n) is 18.9. The highest BCUT2D eigenvalue weighted by molar-refractivity contribution is 6.06. The number of hydrogen-bond acceptors (Lipinski definition) is 5. The van der Waals surface area contributed by atoms with Gasteiger partial charge in [-0.3, -0.25) is 4.79 Å². The lowest BCUT2D eigenvalue weighted by Crippen LogP contribution is -2.31. The predicted octanol–water partition coefficient (Wildman–Crippen LogP) is 4.94. The van der Waals surface area contributed by atoms with Crippen LogP contribution in [0.25, 0.3) is 0 Å². The van der Waals surface area contributed by atoms with E-state index in [9.17, 15) is 4.79 Å². The maximum absolute atomic E-state index is 13.4. The summed E-state index contributed by atoms with van der Waals surface area (Å²) in [5, 5.41) is 10.7. The number of nitrogens with zero attached hydrogens (tertiary/aromatic N) is 3. The maximum atomic E-state index is 13.4. The van der Waals surface area contributed by atoms with Crippen molar-refractivity contribution >= 4 is 17.5 Å². The Labute approximate surface area is 188 Å². The van der Waals surface area contributed by atoms with Crippen LogP contribution in [0.15, 0.2) is 66.1 Å². The molecule has 4 rings (SSSR count). The van der Waals surface area contributed by atoms with Crippen molar-refractivity contribution in [2.75, 3.05) is 17.2 Å². The molecule has 1 aliphatic heterocycles. The molecule has 0 spiro atoms. The number of anilines is 2. The van der Waals surface area contributed by atoms with Gasteiger partial charge in [0.15, 0.2) is 0 Å². The van der Waals surface area contributed by atoms with E-state index in [2.05, 4.69) is 34.6 Å². The van der Waals surface area contributed by atoms with E-state index in [0.29, 0.717) is 24.0 Å². The number of hydrogen-bond donors (Lipinski definition) is 2. The minimum absolute atomic E-state index is 0.173. The Hall–Kier alpha value is -3.61. The van der Waals surface area contributed by atoms with Gasteiger partial charge >= 0.3 is 0 Å². The normalized spacial score (nSPS) is 15.3. The number of para-hydroxylation sites is 1. The number of fused-ring (bicyclic) bond motifs is 1. The van der Waals surface area contributed by atoms with Crippen molar-refractivity contribution in [1.29, 1.82) is 0 Å². The minimum atomic E-state index is -0.400. The second-order valence-corrected chi connectivity index (χ2v) is 8.46. The monoisotopic (exact) mass is 431 g/mol. The molecule has 2 aromatic carbocycles. The van der Waals surface area contributed by atoms with Crippen LogP contribution in [-0.2, 0) is 4.79 Å². The molecule has 0 saturated heterocycles. The number of rotatable bonds is 7. The quantitative estimate of drug-likeness (QED) is 0.554. The molecule has 1 atom stereocenters. The average Bonchev–Trinajstić information content (AvgIpc) is 3.22. The van der Waals surface area contributed by atoms with E-state index >= 15 is 0 Å². The summed E-state index contributed by atoms with van der Waals surface area (Å²) in [5.74, 6) is 1.84. The van der Waals surface area contributed by atoms with Gasteiger partial charge in [0.2, 0.25) is 5.95 Å². The number of aromatic nitrogens is 3. The molecule has 7 nitrogen and oxygen atoms in total. The Balaban J connectivity index is 1.63. The Morgan fingerprint density at radius 2 is 1.91 bits per heavy atom. The average molecular weight is 432 g/mol. The molecule has 3 aromatic rings. The molecule has 2 N–H and O–H groups in total. The van der Waals surface area contributed by atoms with Gasteiger partial charge in [0.05, 0.1) is 12.2 Å². The molecule has 0 fully saturated rings. The van der Waals surface area contributed by atoms with Crippen LogP contribution in [0.3, 0.4) is 0 Å². The van der Waals surface area contributed by atoms with Crippen LogP contribution in [0.5, 0.6) is 5.75 Å². The molecule has 1 aromatic heterocycles. The van der Waals surface area contributed by atoms with Gasteiger partial charge in [-0.1, -0.05) is 44.2 Å². The molecule has 1 aliphatic rings. The first-order valence-electron chi connectivity index (χ1n) is 10.9. The van der Waals surface area contributed by atoms with Gasteiger partial charge in [-0.05, 0) is 55.5 Å². The van der Waals surface area contributed by atoms with E-state index in [4.69, 9.17) is 4.74 Å². The lowest BCUT2D eigenvalue weighted by Gasteiger charge is -2.29. The third kappa shape index (κ3) is 4.51. The van der Waals surface area contributed by atoms with E-state index in [1.807, 2.05) is 62.4 Å². The van der Waals surface area contributed by atoms with Crippen LogP contribution in [0.2, 0.25) is 0 Å². The second-order valence-electron chi connectivity index (χ2n) is 8.46. The van der Waals surface area contributed by atoms with Gasteiger partial charge in [-0.15, -0.1) is 0 Å². The SMILES string of the molecule is CC1=C(C(=O)Nc2ccccc2C)C(c2ccc(OCCC(C)C)cc2)n2ncnc2N1. The summed E-state index contributed by atoms with van der Waals surface area (Å²) in [6.45, 7) is 8.90. The molecule has 0 saturated carbocycles. The maximum Gasteiger partial charge on any atom is 0.255 e. The van der Waals surface area contributed by atoms with E-state index in [0.717, 1.165) is 34.7 Å². The summed E-state index contributed by atoms with van der Waals surface area (Å²) in [6, 6.07) is 15.2. The number of allylic oxidation sites excluding steroid dienone is 1. The van der Waals surface area contributed by atoms with E-state index in [1.165, 1.54) is 6.33 Å². The highest BCUT2D eigenvalue weighted by atomic mass is 16.5. The van der Waals surface area contributed by atoms with Gasteiger partial charge in [0.1, 0.15) is 18.1 Å². The van der Waals surface area contributed by atoms with Gasteiger partial charge < -0.3 is 15.4 Å². The van der Waals surface area contributed by atoms with E-state index in [-0.39, 0.29) is 5.91 Å². The van der Waals surface area contributed by atoms with E-state index in [1.54, 1.807) is 4.68 Å². The van der Waals surface area contributed by atoms with Crippen LogP contribution in [0.4, 0.5) is 11.6 Å². The van der Waals surface area contributed by atoms with Crippen molar-refractivity contribution < 1.29 is 9.53 Å². The first-order valence-corrected chi connectivity index (χ1v) is 10.9. The lowest BCUT2D eigenvalue weighted by molar-refractivity contribution is -0.113. The number of nitrogens with one attached hydrogen (secondary N) is 2. The zero-order chi connectivity index (χ0) is 22.7. The largest absolute Gasteiger partial charge is 0.494 e.